The van der Waals surface area contributed by atoms with Crippen LogP contribution >= 0.6 is 0 Å². The summed E-state index contributed by atoms with van der Waals surface area (Å²) >= 11 is 0. The highest BCUT2D eigenvalue weighted by Gasteiger charge is 2.05. The van der Waals surface area contributed by atoms with Gasteiger partial charge in [-0.3, -0.25) is 4.99 Å². The number of hydrogen-bond donors (Lipinski definition) is 3. The molecule has 0 spiro atoms. The molecule has 3 rings (SSSR count). The third-order valence-electron chi connectivity index (χ3n) is 4.54. The van der Waals surface area contributed by atoms with Crippen molar-refractivity contribution < 1.29 is 4.74 Å². The number of aromatic nitrogens is 1. The standard InChI is InChI=1S/C21H26N4O/c1-15-5-4-6-19-17(14-24-20(15)19)11-12-23-21(22-2)25-13-16-7-9-18(26-3)10-8-16/h4-10,14,24H,11-13H2,1-3H3,(H2,22,23,25). The number of guanidine groups is 1. The van der Waals surface area contributed by atoms with Crippen molar-refractivity contribution in [2.45, 2.75) is 19.9 Å². The molecule has 1 heterocycles. The number of fused-ring (bicyclic) bond motifs is 1. The van der Waals surface area contributed by atoms with E-state index in [9.17, 15) is 0 Å². The number of para-hydroxylation sites is 1. The zero-order valence-corrected chi connectivity index (χ0v) is 15.6. The molecule has 1 aromatic heterocycles. The molecule has 0 amide bonds. The van der Waals surface area contributed by atoms with Crippen LogP contribution in [0.25, 0.3) is 10.9 Å². The van der Waals surface area contributed by atoms with Crippen LogP contribution in [0.2, 0.25) is 0 Å². The first-order valence-electron chi connectivity index (χ1n) is 8.84. The van der Waals surface area contributed by atoms with Crippen molar-refractivity contribution in [3.63, 3.8) is 0 Å². The molecule has 3 N–H and O–H groups in total. The van der Waals surface area contributed by atoms with E-state index in [2.05, 4.69) is 51.9 Å². The molecule has 0 aliphatic rings. The molecule has 0 bridgehead atoms. The fourth-order valence-electron chi connectivity index (χ4n) is 3.04. The van der Waals surface area contributed by atoms with E-state index >= 15 is 0 Å². The van der Waals surface area contributed by atoms with Gasteiger partial charge in [-0.15, -0.1) is 0 Å². The van der Waals surface area contributed by atoms with Crippen molar-refractivity contribution in [2.75, 3.05) is 20.7 Å². The first-order chi connectivity index (χ1) is 12.7. The Kier molecular flexibility index (Phi) is 5.79. The van der Waals surface area contributed by atoms with Crippen LogP contribution in [-0.2, 0) is 13.0 Å². The fourth-order valence-corrected chi connectivity index (χ4v) is 3.04. The maximum absolute atomic E-state index is 5.18. The molecule has 5 heteroatoms. The maximum atomic E-state index is 5.18. The van der Waals surface area contributed by atoms with Gasteiger partial charge in [0.25, 0.3) is 0 Å². The van der Waals surface area contributed by atoms with Crippen molar-refractivity contribution in [3.05, 3.63) is 65.4 Å². The monoisotopic (exact) mass is 350 g/mol. The second-order valence-electron chi connectivity index (χ2n) is 6.26. The summed E-state index contributed by atoms with van der Waals surface area (Å²) < 4.78 is 5.18. The van der Waals surface area contributed by atoms with E-state index in [-0.39, 0.29) is 0 Å². The minimum absolute atomic E-state index is 0.718. The molecular weight excluding hydrogens is 324 g/mol. The van der Waals surface area contributed by atoms with Gasteiger partial charge in [0, 0.05) is 37.2 Å². The third-order valence-corrected chi connectivity index (χ3v) is 4.54. The molecule has 0 aliphatic carbocycles. The second-order valence-corrected chi connectivity index (χ2v) is 6.26. The van der Waals surface area contributed by atoms with Crippen molar-refractivity contribution in [2.24, 2.45) is 4.99 Å². The van der Waals surface area contributed by atoms with Crippen molar-refractivity contribution in [1.29, 1.82) is 0 Å². The number of aromatic amines is 1. The van der Waals surface area contributed by atoms with E-state index in [1.807, 2.05) is 24.3 Å². The van der Waals surface area contributed by atoms with Gasteiger partial charge in [0.05, 0.1) is 7.11 Å². The largest absolute Gasteiger partial charge is 0.497 e. The molecule has 0 saturated carbocycles. The lowest BCUT2D eigenvalue weighted by molar-refractivity contribution is 0.414. The summed E-state index contributed by atoms with van der Waals surface area (Å²) in [5.74, 6) is 1.67. The summed E-state index contributed by atoms with van der Waals surface area (Å²) in [4.78, 5) is 7.67. The van der Waals surface area contributed by atoms with Crippen LogP contribution in [0.3, 0.4) is 0 Å². The second kappa shape index (κ2) is 8.43. The third kappa shape index (κ3) is 4.17. The smallest absolute Gasteiger partial charge is 0.191 e. The van der Waals surface area contributed by atoms with Crippen LogP contribution in [0.15, 0.2) is 53.7 Å². The Bertz CT molecular complexity index is 881. The van der Waals surface area contributed by atoms with Crippen LogP contribution in [0.4, 0.5) is 0 Å². The summed E-state index contributed by atoms with van der Waals surface area (Å²) in [6, 6.07) is 14.4. The molecule has 3 aromatic rings. The van der Waals surface area contributed by atoms with Gasteiger partial charge in [0.2, 0.25) is 0 Å². The van der Waals surface area contributed by atoms with Gasteiger partial charge in [-0.2, -0.15) is 0 Å². The Morgan fingerprint density at radius 2 is 1.92 bits per heavy atom. The minimum Gasteiger partial charge on any atom is -0.497 e. The quantitative estimate of drug-likeness (QED) is 0.472. The van der Waals surface area contributed by atoms with Crippen LogP contribution in [0.1, 0.15) is 16.7 Å². The first-order valence-corrected chi connectivity index (χ1v) is 8.84. The molecule has 2 aromatic carbocycles. The van der Waals surface area contributed by atoms with E-state index < -0.39 is 0 Å². The minimum atomic E-state index is 0.718. The predicted molar refractivity (Wildman–Crippen MR) is 108 cm³/mol. The molecule has 26 heavy (non-hydrogen) atoms. The van der Waals surface area contributed by atoms with E-state index in [0.29, 0.717) is 0 Å². The van der Waals surface area contributed by atoms with Crippen LogP contribution < -0.4 is 15.4 Å². The fraction of sp³-hybridized carbons (Fsp3) is 0.286. The number of nitrogens with zero attached hydrogens (tertiary/aromatic N) is 1. The average molecular weight is 350 g/mol. The summed E-state index contributed by atoms with van der Waals surface area (Å²) in [7, 11) is 3.46. The molecule has 136 valence electrons. The number of aryl methyl sites for hydroxylation is 1. The normalized spacial score (nSPS) is 11.6. The van der Waals surface area contributed by atoms with Crippen molar-refractivity contribution in [1.82, 2.24) is 15.6 Å². The number of nitrogens with one attached hydrogen (secondary N) is 3. The zero-order valence-electron chi connectivity index (χ0n) is 15.6. The average Bonchev–Trinajstić information content (AvgIpc) is 3.09. The molecule has 5 nitrogen and oxygen atoms in total. The van der Waals surface area contributed by atoms with E-state index in [0.717, 1.165) is 31.2 Å². The zero-order chi connectivity index (χ0) is 18.4. The number of methoxy groups -OCH3 is 1. The highest BCUT2D eigenvalue weighted by atomic mass is 16.5. The molecule has 0 saturated heterocycles. The Hall–Kier alpha value is -2.95. The van der Waals surface area contributed by atoms with Crippen LogP contribution in [-0.4, -0.2) is 31.6 Å². The van der Waals surface area contributed by atoms with Gasteiger partial charge in [0.1, 0.15) is 5.75 Å². The lowest BCUT2D eigenvalue weighted by atomic mass is 10.1. The molecule has 0 unspecified atom stereocenters. The van der Waals surface area contributed by atoms with Gasteiger partial charge in [0.15, 0.2) is 5.96 Å². The van der Waals surface area contributed by atoms with Gasteiger partial charge in [-0.25, -0.2) is 0 Å². The summed E-state index contributed by atoms with van der Waals surface area (Å²) in [6.07, 6.45) is 3.04. The Morgan fingerprint density at radius 3 is 2.65 bits per heavy atom. The number of ether oxygens (including phenoxy) is 1. The Morgan fingerprint density at radius 1 is 1.12 bits per heavy atom. The SMILES string of the molecule is CN=C(NCCc1c[nH]c2c(C)cccc12)NCc1ccc(OC)cc1. The number of benzene rings is 2. The van der Waals surface area contributed by atoms with Crippen molar-refractivity contribution >= 4 is 16.9 Å². The lowest BCUT2D eigenvalue weighted by Gasteiger charge is -2.12. The van der Waals surface area contributed by atoms with Gasteiger partial charge >= 0.3 is 0 Å². The number of hydrogen-bond acceptors (Lipinski definition) is 2. The van der Waals surface area contributed by atoms with Crippen LogP contribution in [0, 0.1) is 6.92 Å². The number of H-pyrrole nitrogens is 1. The number of aliphatic imine (C=N–C) groups is 1. The summed E-state index contributed by atoms with van der Waals surface area (Å²) in [5, 5.41) is 8.02. The summed E-state index contributed by atoms with van der Waals surface area (Å²) in [6.45, 7) is 3.67. The predicted octanol–water partition coefficient (Wildman–Crippen LogP) is 3.39. The van der Waals surface area contributed by atoms with Gasteiger partial charge in [-0.1, -0.05) is 30.3 Å². The Labute approximate surface area is 154 Å². The molecule has 0 radical (unpaired) electrons. The lowest BCUT2D eigenvalue weighted by Crippen LogP contribution is -2.37. The van der Waals surface area contributed by atoms with E-state index in [1.54, 1.807) is 14.2 Å². The van der Waals surface area contributed by atoms with Crippen LogP contribution in [0.5, 0.6) is 5.75 Å². The van der Waals surface area contributed by atoms with Gasteiger partial charge < -0.3 is 20.4 Å². The van der Waals surface area contributed by atoms with E-state index in [1.165, 1.54) is 27.6 Å². The summed E-state index contributed by atoms with van der Waals surface area (Å²) in [5.41, 5.74) is 5.01. The van der Waals surface area contributed by atoms with Crippen molar-refractivity contribution in [3.8, 4) is 5.75 Å². The maximum Gasteiger partial charge on any atom is 0.191 e. The first kappa shape index (κ1) is 17.9. The number of rotatable bonds is 6. The highest BCUT2D eigenvalue weighted by Crippen LogP contribution is 2.21. The molecular formula is C21H26N4O. The highest BCUT2D eigenvalue weighted by molar-refractivity contribution is 5.86. The Balaban J connectivity index is 1.51. The molecule has 0 atom stereocenters. The van der Waals surface area contributed by atoms with E-state index in [4.69, 9.17) is 4.74 Å². The molecule has 0 aliphatic heterocycles. The van der Waals surface area contributed by atoms with Gasteiger partial charge in [-0.05, 0) is 42.2 Å². The topological polar surface area (TPSA) is 61.4 Å². The molecule has 0 fully saturated rings.